The number of piperidine rings is 1. The highest BCUT2D eigenvalue weighted by Gasteiger charge is 2.28. The normalized spacial score (nSPS) is 18.9. The summed E-state index contributed by atoms with van der Waals surface area (Å²) < 4.78 is 1.73. The molecule has 1 aromatic heterocycles. The summed E-state index contributed by atoms with van der Waals surface area (Å²) in [7, 11) is 1.85. The van der Waals surface area contributed by atoms with E-state index in [2.05, 4.69) is 10.4 Å². The van der Waals surface area contributed by atoms with Crippen molar-refractivity contribution in [3.8, 4) is 0 Å². The topological polar surface area (TPSA) is 87.5 Å². The maximum atomic E-state index is 12.2. The number of carboxylic acids is 1. The molecule has 0 aromatic carbocycles. The first-order valence-electron chi connectivity index (χ1n) is 6.82. The van der Waals surface area contributed by atoms with Gasteiger partial charge in [0.2, 0.25) is 0 Å². The average Bonchev–Trinajstić information content (AvgIpc) is 2.85. The predicted molar refractivity (Wildman–Crippen MR) is 72.2 cm³/mol. The number of aromatic nitrogens is 2. The number of carbonyl (C=O) groups is 2. The van der Waals surface area contributed by atoms with E-state index in [0.717, 1.165) is 24.8 Å². The number of hydrogen-bond acceptors (Lipinski definition) is 3. The highest BCUT2D eigenvalue weighted by atomic mass is 16.4. The van der Waals surface area contributed by atoms with Gasteiger partial charge in [-0.25, -0.2) is 4.79 Å². The van der Waals surface area contributed by atoms with Crippen LogP contribution in [0, 0.1) is 0 Å². The Kier molecular flexibility index (Phi) is 4.60. The standard InChI is InChI=1S/C13H20N4O3/c1-16-9-10(8-15-16)11-4-2-3-7-17(11)13(20)14-6-5-12(18)19/h8-9,11H,2-7H2,1H3,(H,14,20)(H,18,19). The lowest BCUT2D eigenvalue weighted by Crippen LogP contribution is -2.45. The van der Waals surface area contributed by atoms with Gasteiger partial charge in [0.15, 0.2) is 0 Å². The monoisotopic (exact) mass is 280 g/mol. The fourth-order valence-electron chi connectivity index (χ4n) is 2.51. The van der Waals surface area contributed by atoms with Gasteiger partial charge in [0.25, 0.3) is 0 Å². The number of nitrogens with zero attached hydrogens (tertiary/aromatic N) is 3. The van der Waals surface area contributed by atoms with Gasteiger partial charge in [0.05, 0.1) is 18.7 Å². The minimum Gasteiger partial charge on any atom is -0.481 e. The summed E-state index contributed by atoms with van der Waals surface area (Å²) >= 11 is 0. The summed E-state index contributed by atoms with van der Waals surface area (Å²) in [5.41, 5.74) is 1.03. The van der Waals surface area contributed by atoms with Gasteiger partial charge in [-0.2, -0.15) is 5.10 Å². The number of nitrogens with one attached hydrogen (secondary N) is 1. The van der Waals surface area contributed by atoms with Gasteiger partial charge in [0.1, 0.15) is 0 Å². The van der Waals surface area contributed by atoms with Gasteiger partial charge in [-0.1, -0.05) is 0 Å². The summed E-state index contributed by atoms with van der Waals surface area (Å²) in [6.07, 6.45) is 6.62. The van der Waals surface area contributed by atoms with E-state index in [4.69, 9.17) is 5.11 Å². The lowest BCUT2D eigenvalue weighted by molar-refractivity contribution is -0.136. The van der Waals surface area contributed by atoms with Crippen molar-refractivity contribution in [1.82, 2.24) is 20.0 Å². The smallest absolute Gasteiger partial charge is 0.317 e. The molecule has 1 aliphatic rings. The van der Waals surface area contributed by atoms with Crippen molar-refractivity contribution in [2.45, 2.75) is 31.7 Å². The van der Waals surface area contributed by atoms with Crippen LogP contribution in [0.4, 0.5) is 4.79 Å². The van der Waals surface area contributed by atoms with E-state index >= 15 is 0 Å². The maximum absolute atomic E-state index is 12.2. The number of aryl methyl sites for hydroxylation is 1. The second kappa shape index (κ2) is 6.40. The van der Waals surface area contributed by atoms with Crippen molar-refractivity contribution in [1.29, 1.82) is 0 Å². The van der Waals surface area contributed by atoms with Crippen molar-refractivity contribution in [3.05, 3.63) is 18.0 Å². The quantitative estimate of drug-likeness (QED) is 0.865. The number of likely N-dealkylation sites (tertiary alicyclic amines) is 1. The van der Waals surface area contributed by atoms with E-state index in [1.165, 1.54) is 0 Å². The lowest BCUT2D eigenvalue weighted by Gasteiger charge is -2.35. The zero-order chi connectivity index (χ0) is 14.5. The fraction of sp³-hybridized carbons (Fsp3) is 0.615. The Balaban J connectivity index is 1.99. The lowest BCUT2D eigenvalue weighted by atomic mass is 9.98. The molecule has 20 heavy (non-hydrogen) atoms. The molecule has 0 spiro atoms. The fourth-order valence-corrected chi connectivity index (χ4v) is 2.51. The van der Waals surface area contributed by atoms with Crippen LogP contribution in [0.5, 0.6) is 0 Å². The Morgan fingerprint density at radius 3 is 2.95 bits per heavy atom. The number of amides is 2. The van der Waals surface area contributed by atoms with E-state index < -0.39 is 5.97 Å². The SMILES string of the molecule is Cn1cc(C2CCCCN2C(=O)NCCC(=O)O)cn1. The summed E-state index contributed by atoms with van der Waals surface area (Å²) in [6.45, 7) is 0.850. The summed E-state index contributed by atoms with van der Waals surface area (Å²) in [6, 6.07) is -0.165. The largest absolute Gasteiger partial charge is 0.481 e. The highest BCUT2D eigenvalue weighted by molar-refractivity contribution is 5.75. The molecule has 1 saturated heterocycles. The average molecular weight is 280 g/mol. The van der Waals surface area contributed by atoms with Crippen LogP contribution in [-0.4, -0.2) is 44.9 Å². The number of rotatable bonds is 4. The van der Waals surface area contributed by atoms with Crippen molar-refractivity contribution < 1.29 is 14.7 Å². The minimum atomic E-state index is -0.909. The van der Waals surface area contributed by atoms with Crippen molar-refractivity contribution in [3.63, 3.8) is 0 Å². The van der Waals surface area contributed by atoms with Crippen LogP contribution >= 0.6 is 0 Å². The van der Waals surface area contributed by atoms with Crippen LogP contribution < -0.4 is 5.32 Å². The number of aliphatic carboxylic acids is 1. The Morgan fingerprint density at radius 1 is 1.50 bits per heavy atom. The second-order valence-corrected chi connectivity index (χ2v) is 5.03. The molecule has 1 aliphatic heterocycles. The zero-order valence-electron chi connectivity index (χ0n) is 11.6. The third kappa shape index (κ3) is 3.49. The first kappa shape index (κ1) is 14.4. The summed E-state index contributed by atoms with van der Waals surface area (Å²) in [5.74, 6) is -0.909. The zero-order valence-corrected chi connectivity index (χ0v) is 11.6. The molecule has 0 saturated carbocycles. The van der Waals surface area contributed by atoms with Crippen molar-refractivity contribution >= 4 is 12.0 Å². The van der Waals surface area contributed by atoms with E-state index in [0.29, 0.717) is 6.54 Å². The predicted octanol–water partition coefficient (Wildman–Crippen LogP) is 1.13. The molecule has 0 aliphatic carbocycles. The van der Waals surface area contributed by atoms with Crippen LogP contribution in [0.3, 0.4) is 0 Å². The Labute approximate surface area is 117 Å². The Morgan fingerprint density at radius 2 is 2.30 bits per heavy atom. The van der Waals surface area contributed by atoms with E-state index in [-0.39, 0.29) is 25.0 Å². The van der Waals surface area contributed by atoms with Crippen LogP contribution in [0.15, 0.2) is 12.4 Å². The van der Waals surface area contributed by atoms with Gasteiger partial charge in [-0.3, -0.25) is 9.48 Å². The first-order chi connectivity index (χ1) is 9.58. The molecule has 2 heterocycles. The first-order valence-corrected chi connectivity index (χ1v) is 6.82. The molecule has 1 aromatic rings. The molecule has 2 rings (SSSR count). The Hall–Kier alpha value is -2.05. The van der Waals surface area contributed by atoms with Gasteiger partial charge >= 0.3 is 12.0 Å². The number of carbonyl (C=O) groups excluding carboxylic acids is 1. The highest BCUT2D eigenvalue weighted by Crippen LogP contribution is 2.30. The van der Waals surface area contributed by atoms with Crippen LogP contribution in [0.25, 0.3) is 0 Å². The molecular weight excluding hydrogens is 260 g/mol. The van der Waals surface area contributed by atoms with Crippen molar-refractivity contribution in [2.75, 3.05) is 13.1 Å². The van der Waals surface area contributed by atoms with E-state index in [9.17, 15) is 9.59 Å². The summed E-state index contributed by atoms with van der Waals surface area (Å²) in [4.78, 5) is 24.4. The van der Waals surface area contributed by atoms with Gasteiger partial charge in [-0.15, -0.1) is 0 Å². The van der Waals surface area contributed by atoms with Crippen molar-refractivity contribution in [2.24, 2.45) is 7.05 Å². The van der Waals surface area contributed by atoms with Gasteiger partial charge < -0.3 is 15.3 Å². The van der Waals surface area contributed by atoms with E-state index in [1.807, 2.05) is 13.2 Å². The third-order valence-electron chi connectivity index (χ3n) is 3.49. The van der Waals surface area contributed by atoms with Gasteiger partial charge in [-0.05, 0) is 19.3 Å². The molecule has 2 amide bonds. The molecule has 7 heteroatoms. The minimum absolute atomic E-state index is 0.0299. The number of urea groups is 1. The molecule has 2 N–H and O–H groups in total. The van der Waals surface area contributed by atoms with Crippen LogP contribution in [0.1, 0.15) is 37.3 Å². The summed E-state index contributed by atoms with van der Waals surface area (Å²) in [5, 5.41) is 15.4. The van der Waals surface area contributed by atoms with Gasteiger partial charge in [0, 0.05) is 31.9 Å². The molecular formula is C13H20N4O3. The molecule has 7 nitrogen and oxygen atoms in total. The molecule has 1 fully saturated rings. The van der Waals surface area contributed by atoms with Crippen LogP contribution in [-0.2, 0) is 11.8 Å². The number of hydrogen-bond donors (Lipinski definition) is 2. The Bertz CT molecular complexity index is 486. The molecule has 1 unspecified atom stereocenters. The second-order valence-electron chi connectivity index (χ2n) is 5.03. The molecule has 110 valence electrons. The van der Waals surface area contributed by atoms with Crippen LogP contribution in [0.2, 0.25) is 0 Å². The maximum Gasteiger partial charge on any atom is 0.317 e. The molecule has 1 atom stereocenters. The third-order valence-corrected chi connectivity index (χ3v) is 3.49. The molecule has 0 radical (unpaired) electrons. The molecule has 0 bridgehead atoms. The number of carboxylic acid groups (broad SMARTS) is 1. The van der Waals surface area contributed by atoms with E-state index in [1.54, 1.807) is 15.8 Å².